The van der Waals surface area contributed by atoms with Gasteiger partial charge in [-0.05, 0) is 34.2 Å². The first-order chi connectivity index (χ1) is 12.1. The minimum Gasteiger partial charge on any atom is -0.406 e. The molecule has 2 rings (SSSR count). The van der Waals surface area contributed by atoms with Crippen LogP contribution in [0.2, 0.25) is 0 Å². The molecule has 0 spiro atoms. The van der Waals surface area contributed by atoms with Crippen LogP contribution in [0.1, 0.15) is 0 Å². The van der Waals surface area contributed by atoms with E-state index in [0.29, 0.717) is 0 Å². The number of aromatic nitrogens is 2. The predicted molar refractivity (Wildman–Crippen MR) is 84.9 cm³/mol. The first-order valence-electron chi connectivity index (χ1n) is 7.09. The summed E-state index contributed by atoms with van der Waals surface area (Å²) in [5.41, 5.74) is 0.248. The Morgan fingerprint density at radius 2 is 2.00 bits per heavy atom. The van der Waals surface area contributed by atoms with Crippen molar-refractivity contribution in [3.63, 3.8) is 0 Å². The molecule has 0 saturated carbocycles. The summed E-state index contributed by atoms with van der Waals surface area (Å²) in [5, 5.41) is 13.4. The summed E-state index contributed by atoms with van der Waals surface area (Å²) in [5.74, 6) is -1.19. The fraction of sp³-hybridized carbons (Fsp3) is 0.286. The second-order valence-corrected chi connectivity index (χ2v) is 5.24. The Labute approximate surface area is 145 Å². The summed E-state index contributed by atoms with van der Waals surface area (Å²) in [6.45, 7) is -0.235. The molecule has 12 heteroatoms. The lowest BCUT2D eigenvalue weighted by molar-refractivity contribution is -0.388. The van der Waals surface area contributed by atoms with E-state index in [9.17, 15) is 28.1 Å². The molecule has 1 aromatic carbocycles. The third-order valence-corrected chi connectivity index (χ3v) is 3.17. The van der Waals surface area contributed by atoms with Gasteiger partial charge in [-0.15, -0.1) is 13.2 Å². The molecule has 0 fully saturated rings. The lowest BCUT2D eigenvalue weighted by Gasteiger charge is -2.18. The molecule has 0 radical (unpaired) electrons. The molecule has 9 nitrogen and oxygen atoms in total. The zero-order valence-corrected chi connectivity index (χ0v) is 13.6. The summed E-state index contributed by atoms with van der Waals surface area (Å²) in [7, 11) is 3.02. The van der Waals surface area contributed by atoms with Gasteiger partial charge in [0.05, 0.1) is 6.54 Å². The number of anilines is 2. The van der Waals surface area contributed by atoms with Crippen molar-refractivity contribution in [3.05, 3.63) is 40.7 Å². The van der Waals surface area contributed by atoms with E-state index in [1.807, 2.05) is 0 Å². The fourth-order valence-electron chi connectivity index (χ4n) is 2.21. The number of imidazole rings is 1. The summed E-state index contributed by atoms with van der Waals surface area (Å²) in [4.78, 5) is 27.3. The number of aryl methyl sites for hydroxylation is 1. The molecule has 1 heterocycles. The Balaban J connectivity index is 2.00. The van der Waals surface area contributed by atoms with Crippen molar-refractivity contribution < 1.29 is 27.6 Å². The molecular weight excluding hydrogens is 359 g/mol. The number of amides is 1. The summed E-state index contributed by atoms with van der Waals surface area (Å²) >= 11 is 0. The van der Waals surface area contributed by atoms with E-state index >= 15 is 0 Å². The van der Waals surface area contributed by atoms with E-state index in [1.165, 1.54) is 35.0 Å². The van der Waals surface area contributed by atoms with Crippen LogP contribution in [0.5, 0.6) is 5.75 Å². The van der Waals surface area contributed by atoms with Gasteiger partial charge in [0.2, 0.25) is 18.1 Å². The molecule has 2 aromatic rings. The van der Waals surface area contributed by atoms with Crippen LogP contribution < -0.4 is 15.0 Å². The number of alkyl halides is 3. The first-order valence-corrected chi connectivity index (χ1v) is 7.09. The van der Waals surface area contributed by atoms with Crippen LogP contribution in [0.3, 0.4) is 0 Å². The molecule has 1 N–H and O–H groups in total. The number of ether oxygens (including phenoxy) is 1. The van der Waals surface area contributed by atoms with Gasteiger partial charge in [0.15, 0.2) is 0 Å². The van der Waals surface area contributed by atoms with Crippen LogP contribution in [0.25, 0.3) is 0 Å². The second-order valence-electron chi connectivity index (χ2n) is 5.24. The van der Waals surface area contributed by atoms with Gasteiger partial charge in [-0.1, -0.05) is 0 Å². The van der Waals surface area contributed by atoms with Crippen molar-refractivity contribution in [2.75, 3.05) is 23.8 Å². The maximum Gasteiger partial charge on any atom is 0.573 e. The number of hydrogen-bond acceptors (Lipinski definition) is 6. The number of likely N-dealkylation sites (N-methyl/N-ethyl adjacent to an activating group) is 1. The molecule has 1 aromatic heterocycles. The average molecular weight is 373 g/mol. The summed E-state index contributed by atoms with van der Waals surface area (Å²) < 4.78 is 41.4. The van der Waals surface area contributed by atoms with E-state index in [-0.39, 0.29) is 18.1 Å². The fourth-order valence-corrected chi connectivity index (χ4v) is 2.21. The number of hydrogen-bond donors (Lipinski definition) is 1. The number of nitrogens with zero attached hydrogens (tertiary/aromatic N) is 4. The van der Waals surface area contributed by atoms with Crippen molar-refractivity contribution in [2.45, 2.75) is 6.36 Å². The minimum absolute atomic E-state index is 0.138. The number of halogens is 3. The number of nitro groups is 1. The van der Waals surface area contributed by atoms with Gasteiger partial charge in [0.1, 0.15) is 5.75 Å². The molecule has 0 aliphatic carbocycles. The van der Waals surface area contributed by atoms with Crippen LogP contribution in [0, 0.1) is 10.1 Å². The standard InChI is InChI=1S/C14H14F3N5O4/c1-20(13-12(22(24)25)18-8-21(13)2)7-11(23)19-9-3-5-10(6-4-9)26-14(15,16)17/h3-6,8H,7H2,1-2H3,(H,19,23). The van der Waals surface area contributed by atoms with Crippen molar-refractivity contribution >= 4 is 23.2 Å². The molecular formula is C14H14F3N5O4. The van der Waals surface area contributed by atoms with Gasteiger partial charge in [-0.3, -0.25) is 9.36 Å². The van der Waals surface area contributed by atoms with Gasteiger partial charge in [-0.25, -0.2) is 0 Å². The SMILES string of the molecule is CN(CC(=O)Nc1ccc(OC(F)(F)F)cc1)c1c([N+](=O)[O-])ncn1C. The topological polar surface area (TPSA) is 103 Å². The van der Waals surface area contributed by atoms with E-state index in [1.54, 1.807) is 7.05 Å². The van der Waals surface area contributed by atoms with E-state index < -0.39 is 28.8 Å². The number of carbonyl (C=O) groups is 1. The number of carbonyl (C=O) groups excluding carboxylic acids is 1. The van der Waals surface area contributed by atoms with Crippen molar-refractivity contribution in [1.29, 1.82) is 0 Å². The Kier molecular flexibility index (Phi) is 5.33. The highest BCUT2D eigenvalue weighted by molar-refractivity contribution is 5.94. The van der Waals surface area contributed by atoms with Crippen molar-refractivity contribution in [2.24, 2.45) is 7.05 Å². The van der Waals surface area contributed by atoms with E-state index in [4.69, 9.17) is 0 Å². The van der Waals surface area contributed by atoms with Gasteiger partial charge in [-0.2, -0.15) is 0 Å². The molecule has 0 unspecified atom stereocenters. The lowest BCUT2D eigenvalue weighted by Crippen LogP contribution is -2.31. The lowest BCUT2D eigenvalue weighted by atomic mass is 10.3. The highest BCUT2D eigenvalue weighted by Crippen LogP contribution is 2.25. The zero-order valence-electron chi connectivity index (χ0n) is 13.6. The number of rotatable bonds is 6. The average Bonchev–Trinajstić information content (AvgIpc) is 2.89. The Bertz CT molecular complexity index is 804. The Morgan fingerprint density at radius 3 is 2.54 bits per heavy atom. The molecule has 0 aliphatic heterocycles. The van der Waals surface area contributed by atoms with Crippen molar-refractivity contribution in [3.8, 4) is 5.75 Å². The molecule has 0 saturated heterocycles. The monoisotopic (exact) mass is 373 g/mol. The molecule has 0 bridgehead atoms. The smallest absolute Gasteiger partial charge is 0.406 e. The third-order valence-electron chi connectivity index (χ3n) is 3.17. The maximum absolute atomic E-state index is 12.1. The molecule has 140 valence electrons. The highest BCUT2D eigenvalue weighted by Gasteiger charge is 2.31. The molecule has 1 amide bonds. The van der Waals surface area contributed by atoms with Gasteiger partial charge in [0, 0.05) is 19.8 Å². The van der Waals surface area contributed by atoms with Crippen LogP contribution in [-0.4, -0.2) is 40.3 Å². The number of nitrogens with one attached hydrogen (secondary N) is 1. The quantitative estimate of drug-likeness (QED) is 0.616. The van der Waals surface area contributed by atoms with Crippen molar-refractivity contribution in [1.82, 2.24) is 9.55 Å². The zero-order chi connectivity index (χ0) is 19.5. The first kappa shape index (κ1) is 19.0. The molecule has 0 atom stereocenters. The highest BCUT2D eigenvalue weighted by atomic mass is 19.4. The predicted octanol–water partition coefficient (Wildman–Crippen LogP) is 2.30. The molecule has 0 aliphatic rings. The van der Waals surface area contributed by atoms with Crippen LogP contribution in [0.4, 0.5) is 30.5 Å². The second kappa shape index (κ2) is 7.29. The van der Waals surface area contributed by atoms with E-state index in [0.717, 1.165) is 12.1 Å². The summed E-state index contributed by atoms with van der Waals surface area (Å²) in [6.07, 6.45) is -3.55. The summed E-state index contributed by atoms with van der Waals surface area (Å²) in [6, 6.07) is 4.59. The van der Waals surface area contributed by atoms with E-state index in [2.05, 4.69) is 15.0 Å². The van der Waals surface area contributed by atoms with Crippen LogP contribution in [0.15, 0.2) is 30.6 Å². The normalized spacial score (nSPS) is 11.1. The van der Waals surface area contributed by atoms with Gasteiger partial charge >= 0.3 is 12.2 Å². The van der Waals surface area contributed by atoms with Crippen LogP contribution in [-0.2, 0) is 11.8 Å². The Hall–Kier alpha value is -3.31. The Morgan fingerprint density at radius 1 is 1.38 bits per heavy atom. The third kappa shape index (κ3) is 4.84. The number of benzene rings is 1. The largest absolute Gasteiger partial charge is 0.573 e. The van der Waals surface area contributed by atoms with Gasteiger partial charge < -0.3 is 25.1 Å². The van der Waals surface area contributed by atoms with Crippen LogP contribution >= 0.6 is 0 Å². The minimum atomic E-state index is -4.80. The molecule has 26 heavy (non-hydrogen) atoms. The maximum atomic E-state index is 12.1. The van der Waals surface area contributed by atoms with Gasteiger partial charge in [0.25, 0.3) is 0 Å².